The number of amides is 1. The molecule has 0 fully saturated rings. The molecule has 0 aliphatic carbocycles. The fourth-order valence-electron chi connectivity index (χ4n) is 2.35. The zero-order valence-electron chi connectivity index (χ0n) is 13.3. The van der Waals surface area contributed by atoms with Crippen LogP contribution in [0.4, 0.5) is 10.1 Å². The van der Waals surface area contributed by atoms with Gasteiger partial charge in [0.25, 0.3) is 0 Å². The summed E-state index contributed by atoms with van der Waals surface area (Å²) >= 11 is 5.76. The van der Waals surface area contributed by atoms with Gasteiger partial charge in [0.1, 0.15) is 11.6 Å². The molecule has 1 amide bonds. The zero-order valence-corrected chi connectivity index (χ0v) is 14.1. The third kappa shape index (κ3) is 3.79. The smallest absolute Gasteiger partial charge is 0.207 e. The van der Waals surface area contributed by atoms with Gasteiger partial charge >= 0.3 is 0 Å². The van der Waals surface area contributed by atoms with E-state index in [1.54, 1.807) is 6.07 Å². The van der Waals surface area contributed by atoms with Crippen LogP contribution in [0, 0.1) is 5.82 Å². The van der Waals surface area contributed by atoms with E-state index in [9.17, 15) is 14.4 Å². The number of carbonyl (C=O) groups is 1. The highest BCUT2D eigenvalue weighted by atomic mass is 35.5. The topological polar surface area (TPSA) is 115 Å². The Labute approximate surface area is 152 Å². The van der Waals surface area contributed by atoms with E-state index in [2.05, 4.69) is 25.3 Å². The van der Waals surface area contributed by atoms with Gasteiger partial charge in [0.15, 0.2) is 11.5 Å². The van der Waals surface area contributed by atoms with Crippen LogP contribution in [-0.4, -0.2) is 38.9 Å². The third-order valence-electron chi connectivity index (χ3n) is 3.54. The maximum absolute atomic E-state index is 13.3. The van der Waals surface area contributed by atoms with E-state index in [0.717, 1.165) is 0 Å². The van der Waals surface area contributed by atoms with E-state index in [1.807, 2.05) is 5.48 Å². The van der Waals surface area contributed by atoms with Crippen LogP contribution in [0.2, 0.25) is 5.02 Å². The predicted octanol–water partition coefficient (Wildman–Crippen LogP) is 2.10. The van der Waals surface area contributed by atoms with Gasteiger partial charge in [-0.2, -0.15) is 0 Å². The number of hydrogen-bond donors (Lipinski definition) is 4. The number of aromatic amines is 1. The lowest BCUT2D eigenvalue weighted by Gasteiger charge is -2.06. The molecular weight excluding hydrogens is 363 g/mol. The van der Waals surface area contributed by atoms with Crippen LogP contribution in [-0.2, 0) is 11.2 Å². The second-order valence-corrected chi connectivity index (χ2v) is 5.64. The number of amidine groups is 1. The molecule has 0 atom stereocenters. The standard InChI is InChI=1S/C16H14ClFN6O2/c17-11-7-9(1-2-12(11)18)21-15(24-26)10-3-6-20-16-14(10)22-13(23-16)4-5-19-8-25/h1-3,6-8,26H,4-5H2,(H,19,25)(H,21,24)(H,20,22,23). The first-order valence-corrected chi connectivity index (χ1v) is 7.95. The maximum Gasteiger partial charge on any atom is 0.207 e. The van der Waals surface area contributed by atoms with Gasteiger partial charge in [0.2, 0.25) is 6.41 Å². The lowest BCUT2D eigenvalue weighted by molar-refractivity contribution is -0.109. The molecule has 0 bridgehead atoms. The lowest BCUT2D eigenvalue weighted by Crippen LogP contribution is -2.20. The zero-order chi connectivity index (χ0) is 18.5. The van der Waals surface area contributed by atoms with Crippen LogP contribution in [0.15, 0.2) is 35.5 Å². The fourth-order valence-corrected chi connectivity index (χ4v) is 2.53. The predicted molar refractivity (Wildman–Crippen MR) is 94.2 cm³/mol. The van der Waals surface area contributed by atoms with Crippen molar-refractivity contribution in [3.8, 4) is 0 Å². The normalized spacial score (nSPS) is 11.6. The highest BCUT2D eigenvalue weighted by Crippen LogP contribution is 2.23. The van der Waals surface area contributed by atoms with Crippen molar-refractivity contribution in [3.05, 3.63) is 52.7 Å². The monoisotopic (exact) mass is 376 g/mol. The maximum atomic E-state index is 13.3. The van der Waals surface area contributed by atoms with Crippen LogP contribution >= 0.6 is 11.6 Å². The quantitative estimate of drug-likeness (QED) is 0.173. The SMILES string of the molecule is O=CNCCc1nc2nccc(C(=Nc3ccc(F)c(Cl)c3)NO)c2[nH]1. The Kier molecular flexibility index (Phi) is 5.40. The van der Waals surface area contributed by atoms with E-state index in [4.69, 9.17) is 11.6 Å². The Morgan fingerprint density at radius 3 is 3.00 bits per heavy atom. The molecule has 2 aromatic heterocycles. The molecule has 1 aromatic carbocycles. The summed E-state index contributed by atoms with van der Waals surface area (Å²) in [5.74, 6) is 0.176. The Bertz CT molecular complexity index is 975. The van der Waals surface area contributed by atoms with Crippen molar-refractivity contribution in [1.29, 1.82) is 0 Å². The minimum absolute atomic E-state index is 0.0741. The number of nitrogens with one attached hydrogen (secondary N) is 3. The summed E-state index contributed by atoms with van der Waals surface area (Å²) in [6, 6.07) is 5.60. The Morgan fingerprint density at radius 1 is 1.42 bits per heavy atom. The lowest BCUT2D eigenvalue weighted by atomic mass is 10.2. The van der Waals surface area contributed by atoms with Gasteiger partial charge in [0, 0.05) is 24.7 Å². The molecular formula is C16H14ClFN6O2. The number of hydrogen-bond acceptors (Lipinski definition) is 5. The number of aromatic nitrogens is 3. The average molecular weight is 377 g/mol. The van der Waals surface area contributed by atoms with Gasteiger partial charge in [-0.1, -0.05) is 11.6 Å². The minimum atomic E-state index is -0.558. The largest absolute Gasteiger partial charge is 0.358 e. The number of carbonyl (C=O) groups excluding carboxylic acids is 1. The fraction of sp³-hybridized carbons (Fsp3) is 0.125. The van der Waals surface area contributed by atoms with Gasteiger partial charge in [0.05, 0.1) is 16.2 Å². The van der Waals surface area contributed by atoms with Crippen molar-refractivity contribution >= 4 is 40.7 Å². The number of pyridine rings is 1. The molecule has 3 aromatic rings. The van der Waals surface area contributed by atoms with Crippen molar-refractivity contribution in [2.75, 3.05) is 6.54 Å². The van der Waals surface area contributed by atoms with E-state index in [1.165, 1.54) is 24.4 Å². The van der Waals surface area contributed by atoms with Crippen LogP contribution in [0.25, 0.3) is 11.2 Å². The van der Waals surface area contributed by atoms with Crippen molar-refractivity contribution in [3.63, 3.8) is 0 Å². The molecule has 0 saturated heterocycles. The molecule has 10 heteroatoms. The van der Waals surface area contributed by atoms with Gasteiger partial charge in [-0.3, -0.25) is 15.5 Å². The van der Waals surface area contributed by atoms with Crippen molar-refractivity contribution in [1.82, 2.24) is 25.7 Å². The van der Waals surface area contributed by atoms with Crippen LogP contribution in [0.5, 0.6) is 0 Å². The number of nitrogens with zero attached hydrogens (tertiary/aromatic N) is 3. The van der Waals surface area contributed by atoms with Crippen LogP contribution in [0.1, 0.15) is 11.4 Å². The Morgan fingerprint density at radius 2 is 2.27 bits per heavy atom. The number of benzene rings is 1. The van der Waals surface area contributed by atoms with E-state index in [-0.39, 0.29) is 10.9 Å². The number of halogens is 2. The Hall–Kier alpha value is -3.04. The minimum Gasteiger partial charge on any atom is -0.358 e. The number of fused-ring (bicyclic) bond motifs is 1. The van der Waals surface area contributed by atoms with Gasteiger partial charge < -0.3 is 10.3 Å². The summed E-state index contributed by atoms with van der Waals surface area (Å²) in [7, 11) is 0. The van der Waals surface area contributed by atoms with E-state index in [0.29, 0.717) is 47.6 Å². The second kappa shape index (κ2) is 7.89. The number of imidazole rings is 1. The van der Waals surface area contributed by atoms with Crippen molar-refractivity contribution in [2.45, 2.75) is 6.42 Å². The highest BCUT2D eigenvalue weighted by Gasteiger charge is 2.13. The molecule has 134 valence electrons. The molecule has 0 spiro atoms. The molecule has 0 saturated carbocycles. The van der Waals surface area contributed by atoms with Crippen LogP contribution < -0.4 is 10.8 Å². The van der Waals surface area contributed by atoms with E-state index < -0.39 is 5.82 Å². The molecule has 0 unspecified atom stereocenters. The molecule has 0 radical (unpaired) electrons. The van der Waals surface area contributed by atoms with Gasteiger partial charge in [-0.25, -0.2) is 19.4 Å². The Balaban J connectivity index is 1.99. The van der Waals surface area contributed by atoms with Crippen molar-refractivity contribution in [2.24, 2.45) is 4.99 Å². The molecule has 4 N–H and O–H groups in total. The molecule has 8 nitrogen and oxygen atoms in total. The number of H-pyrrole nitrogens is 1. The molecule has 2 heterocycles. The number of rotatable bonds is 6. The molecule has 3 rings (SSSR count). The van der Waals surface area contributed by atoms with Gasteiger partial charge in [-0.15, -0.1) is 0 Å². The summed E-state index contributed by atoms with van der Waals surface area (Å²) < 4.78 is 13.3. The first kappa shape index (κ1) is 17.8. The van der Waals surface area contributed by atoms with Crippen LogP contribution in [0.3, 0.4) is 0 Å². The first-order valence-electron chi connectivity index (χ1n) is 7.57. The summed E-state index contributed by atoms with van der Waals surface area (Å²) in [5, 5.41) is 12.0. The number of hydroxylamine groups is 1. The summed E-state index contributed by atoms with van der Waals surface area (Å²) in [5.41, 5.74) is 3.89. The summed E-state index contributed by atoms with van der Waals surface area (Å²) in [6.07, 6.45) is 2.62. The van der Waals surface area contributed by atoms with E-state index >= 15 is 0 Å². The summed E-state index contributed by atoms with van der Waals surface area (Å²) in [4.78, 5) is 26.2. The number of aliphatic imine (C=N–C) groups is 1. The molecule has 26 heavy (non-hydrogen) atoms. The molecule has 0 aliphatic heterocycles. The first-order chi connectivity index (χ1) is 12.6. The second-order valence-electron chi connectivity index (χ2n) is 5.23. The highest BCUT2D eigenvalue weighted by molar-refractivity contribution is 6.31. The third-order valence-corrected chi connectivity index (χ3v) is 3.83. The average Bonchev–Trinajstić information content (AvgIpc) is 3.06. The summed E-state index contributed by atoms with van der Waals surface area (Å²) in [6.45, 7) is 0.423. The van der Waals surface area contributed by atoms with Gasteiger partial charge in [-0.05, 0) is 24.3 Å². The van der Waals surface area contributed by atoms with Crippen molar-refractivity contribution < 1.29 is 14.4 Å². The molecule has 0 aliphatic rings.